The summed E-state index contributed by atoms with van der Waals surface area (Å²) in [5.74, 6) is 0.209. The van der Waals surface area contributed by atoms with Crippen LogP contribution in [0.3, 0.4) is 0 Å². The third-order valence-corrected chi connectivity index (χ3v) is 3.60. The minimum absolute atomic E-state index is 0.278. The van der Waals surface area contributed by atoms with Gasteiger partial charge in [-0.25, -0.2) is 4.79 Å². The molecule has 0 bridgehead atoms. The Labute approximate surface area is 134 Å². The number of alkyl carbamates (subject to hydrolysis) is 1. The molecule has 1 heterocycles. The highest BCUT2D eigenvalue weighted by molar-refractivity contribution is 5.98. The first-order valence-electron chi connectivity index (χ1n) is 7.54. The molecule has 118 valence electrons. The van der Waals surface area contributed by atoms with Gasteiger partial charge in [0.25, 0.3) is 0 Å². The number of nitrogens with one attached hydrogen (secondary N) is 1. The van der Waals surface area contributed by atoms with Gasteiger partial charge in [0.1, 0.15) is 11.5 Å². The molecule has 2 amide bonds. The smallest absolute Gasteiger partial charge is 0.413 e. The Morgan fingerprint density at radius 1 is 1.04 bits per heavy atom. The lowest BCUT2D eigenvalue weighted by molar-refractivity contribution is -0.121. The second-order valence-electron chi connectivity index (χ2n) is 5.24. The van der Waals surface area contributed by atoms with Crippen LogP contribution in [0.2, 0.25) is 0 Å². The van der Waals surface area contributed by atoms with Crippen LogP contribution in [0.1, 0.15) is 30.4 Å². The molecule has 0 aromatic heterocycles. The maximum Gasteiger partial charge on any atom is 0.413 e. The molecule has 0 radical (unpaired) electrons. The summed E-state index contributed by atoms with van der Waals surface area (Å²) >= 11 is 0. The van der Waals surface area contributed by atoms with E-state index in [4.69, 9.17) is 9.47 Å². The van der Waals surface area contributed by atoms with Crippen molar-refractivity contribution in [2.45, 2.75) is 19.3 Å². The van der Waals surface area contributed by atoms with E-state index in [0.717, 1.165) is 11.1 Å². The van der Waals surface area contributed by atoms with Crippen LogP contribution in [0.5, 0.6) is 11.5 Å². The molecule has 2 aromatic carbocycles. The second kappa shape index (κ2) is 6.52. The molecule has 0 unspecified atom stereocenters. The number of carbonyl (C=O) groups excluding carboxylic acids is 2. The van der Waals surface area contributed by atoms with Gasteiger partial charge in [-0.05, 0) is 18.6 Å². The fraction of sp³-hybridized carbons (Fsp3) is 0.222. The second-order valence-corrected chi connectivity index (χ2v) is 5.24. The SMILES string of the molecule is CCCOC(=O)NC(=O)C1c2ccccc2Oc2ccccc21. The number of imide groups is 1. The van der Waals surface area contributed by atoms with Crippen LogP contribution < -0.4 is 10.1 Å². The molecule has 23 heavy (non-hydrogen) atoms. The molecule has 1 N–H and O–H groups in total. The van der Waals surface area contributed by atoms with E-state index in [9.17, 15) is 9.59 Å². The number of para-hydroxylation sites is 2. The van der Waals surface area contributed by atoms with Gasteiger partial charge in [0.15, 0.2) is 0 Å². The molecule has 2 aromatic rings. The lowest BCUT2D eigenvalue weighted by Crippen LogP contribution is -2.36. The molecule has 1 aliphatic rings. The summed E-state index contributed by atoms with van der Waals surface area (Å²) < 4.78 is 10.8. The largest absolute Gasteiger partial charge is 0.457 e. The first-order valence-corrected chi connectivity index (χ1v) is 7.54. The minimum atomic E-state index is -0.724. The Hall–Kier alpha value is -2.82. The van der Waals surface area contributed by atoms with Crippen LogP contribution in [-0.4, -0.2) is 18.6 Å². The Morgan fingerprint density at radius 3 is 2.17 bits per heavy atom. The number of rotatable bonds is 3. The third kappa shape index (κ3) is 3.04. The van der Waals surface area contributed by atoms with E-state index in [2.05, 4.69) is 5.32 Å². The topological polar surface area (TPSA) is 64.6 Å². The van der Waals surface area contributed by atoms with E-state index in [1.807, 2.05) is 43.3 Å². The lowest BCUT2D eigenvalue weighted by atomic mass is 9.87. The van der Waals surface area contributed by atoms with Gasteiger partial charge in [-0.2, -0.15) is 0 Å². The van der Waals surface area contributed by atoms with Crippen molar-refractivity contribution in [2.24, 2.45) is 0 Å². The van der Waals surface area contributed by atoms with E-state index in [1.165, 1.54) is 0 Å². The summed E-state index contributed by atoms with van der Waals surface area (Å²) in [5, 5.41) is 2.31. The van der Waals surface area contributed by atoms with E-state index in [-0.39, 0.29) is 6.61 Å². The van der Waals surface area contributed by atoms with Gasteiger partial charge in [-0.1, -0.05) is 43.3 Å². The molecular weight excluding hydrogens is 294 g/mol. The number of carbonyl (C=O) groups is 2. The maximum absolute atomic E-state index is 12.6. The van der Waals surface area contributed by atoms with Crippen LogP contribution >= 0.6 is 0 Å². The van der Waals surface area contributed by atoms with Gasteiger partial charge in [0, 0.05) is 11.1 Å². The Kier molecular flexibility index (Phi) is 4.28. The zero-order valence-corrected chi connectivity index (χ0v) is 12.7. The first kappa shape index (κ1) is 15.1. The molecule has 5 nitrogen and oxygen atoms in total. The van der Waals surface area contributed by atoms with Gasteiger partial charge >= 0.3 is 6.09 Å². The summed E-state index contributed by atoms with van der Waals surface area (Å²) in [6.07, 6.45) is -0.0248. The molecule has 0 saturated heterocycles. The van der Waals surface area contributed by atoms with E-state index < -0.39 is 17.9 Å². The van der Waals surface area contributed by atoms with Crippen molar-refractivity contribution >= 4 is 12.0 Å². The number of hydrogen-bond donors (Lipinski definition) is 1. The standard InChI is InChI=1S/C18H17NO4/c1-2-11-22-18(21)19-17(20)16-12-7-3-5-9-14(12)23-15-10-6-4-8-13(15)16/h3-10,16H,2,11H2,1H3,(H,19,20,21). The quantitative estimate of drug-likeness (QED) is 0.941. The van der Waals surface area contributed by atoms with E-state index in [1.54, 1.807) is 12.1 Å². The van der Waals surface area contributed by atoms with Gasteiger partial charge in [0.05, 0.1) is 12.5 Å². The number of benzene rings is 2. The Morgan fingerprint density at radius 2 is 1.61 bits per heavy atom. The van der Waals surface area contributed by atoms with Crippen molar-refractivity contribution in [3.8, 4) is 11.5 Å². The first-order chi connectivity index (χ1) is 11.2. The summed E-state index contributed by atoms with van der Waals surface area (Å²) in [6, 6.07) is 14.6. The number of ether oxygens (including phenoxy) is 2. The van der Waals surface area contributed by atoms with Crippen LogP contribution in [0.15, 0.2) is 48.5 Å². The normalized spacial score (nSPS) is 12.6. The predicted molar refractivity (Wildman–Crippen MR) is 84.6 cm³/mol. The average Bonchev–Trinajstić information content (AvgIpc) is 2.57. The molecular formula is C18H17NO4. The van der Waals surface area contributed by atoms with Gasteiger partial charge in [-0.15, -0.1) is 0 Å². The van der Waals surface area contributed by atoms with Crippen molar-refractivity contribution in [2.75, 3.05) is 6.61 Å². The number of fused-ring (bicyclic) bond motifs is 2. The van der Waals surface area contributed by atoms with Gasteiger partial charge in [0.2, 0.25) is 5.91 Å². The third-order valence-electron chi connectivity index (χ3n) is 3.60. The highest BCUT2D eigenvalue weighted by Gasteiger charge is 2.33. The van der Waals surface area contributed by atoms with Crippen molar-refractivity contribution in [1.82, 2.24) is 5.32 Å². The molecule has 1 aliphatic heterocycles. The summed E-state index contributed by atoms with van der Waals surface area (Å²) in [5.41, 5.74) is 1.46. The molecule has 0 aliphatic carbocycles. The van der Waals surface area contributed by atoms with Crippen LogP contribution in [0.25, 0.3) is 0 Å². The molecule has 3 rings (SSSR count). The van der Waals surface area contributed by atoms with Crippen LogP contribution in [0, 0.1) is 0 Å². The summed E-state index contributed by atoms with van der Waals surface area (Å²) in [6.45, 7) is 2.17. The van der Waals surface area contributed by atoms with Crippen LogP contribution in [0.4, 0.5) is 4.79 Å². The van der Waals surface area contributed by atoms with Crippen molar-refractivity contribution in [1.29, 1.82) is 0 Å². The molecule has 0 spiro atoms. The summed E-state index contributed by atoms with van der Waals surface area (Å²) in [4.78, 5) is 24.3. The van der Waals surface area contributed by atoms with Crippen molar-refractivity contribution in [3.05, 3.63) is 59.7 Å². The number of hydrogen-bond acceptors (Lipinski definition) is 4. The fourth-order valence-corrected chi connectivity index (χ4v) is 2.60. The Bertz CT molecular complexity index is 696. The highest BCUT2D eigenvalue weighted by Crippen LogP contribution is 2.43. The monoisotopic (exact) mass is 311 g/mol. The van der Waals surface area contributed by atoms with Gasteiger partial charge in [-0.3, -0.25) is 10.1 Å². The van der Waals surface area contributed by atoms with Crippen LogP contribution in [-0.2, 0) is 9.53 Å². The minimum Gasteiger partial charge on any atom is -0.457 e. The van der Waals surface area contributed by atoms with Crippen molar-refractivity contribution in [3.63, 3.8) is 0 Å². The zero-order chi connectivity index (χ0) is 16.2. The fourth-order valence-electron chi connectivity index (χ4n) is 2.60. The Balaban J connectivity index is 1.92. The maximum atomic E-state index is 12.6. The molecule has 0 atom stereocenters. The summed E-state index contributed by atoms with van der Waals surface area (Å²) in [7, 11) is 0. The molecule has 5 heteroatoms. The highest BCUT2D eigenvalue weighted by atomic mass is 16.5. The van der Waals surface area contributed by atoms with Gasteiger partial charge < -0.3 is 9.47 Å². The zero-order valence-electron chi connectivity index (χ0n) is 12.7. The molecule has 0 fully saturated rings. The number of amides is 2. The average molecular weight is 311 g/mol. The molecule has 0 saturated carbocycles. The predicted octanol–water partition coefficient (Wildman–Crippen LogP) is 3.59. The van der Waals surface area contributed by atoms with Crippen molar-refractivity contribution < 1.29 is 19.1 Å². The van der Waals surface area contributed by atoms with E-state index >= 15 is 0 Å². The lowest BCUT2D eigenvalue weighted by Gasteiger charge is -2.27. The van der Waals surface area contributed by atoms with E-state index in [0.29, 0.717) is 17.9 Å².